The number of nitrogens with zero attached hydrogens (tertiary/aromatic N) is 1. The largest absolute Gasteiger partial charge is 0.261 e. The molecule has 0 spiro atoms. The van der Waals surface area contributed by atoms with E-state index in [1.165, 1.54) is 0 Å². The van der Waals surface area contributed by atoms with Crippen LogP contribution in [-0.2, 0) is 0 Å². The molecule has 1 aromatic heterocycles. The summed E-state index contributed by atoms with van der Waals surface area (Å²) in [5.41, 5.74) is 1.78. The molecule has 0 aliphatic rings. The maximum atomic E-state index is 5.55. The van der Waals surface area contributed by atoms with Crippen LogP contribution in [0.5, 0.6) is 0 Å². The summed E-state index contributed by atoms with van der Waals surface area (Å²) in [4.78, 5) is 4.03. The standard InChI is InChI=1S/C7H6ClNS/c1-5-2-3-6(4-9-5)7(8)10/h2-4H,1H3. The first kappa shape index (κ1) is 7.63. The molecule has 1 nitrogen and oxygen atoms in total. The highest BCUT2D eigenvalue weighted by atomic mass is 35.5. The fourth-order valence-corrected chi connectivity index (χ4v) is 0.817. The molecule has 0 atom stereocenters. The maximum Gasteiger partial charge on any atom is 0.112 e. The van der Waals surface area contributed by atoms with E-state index >= 15 is 0 Å². The number of rotatable bonds is 1. The van der Waals surface area contributed by atoms with Gasteiger partial charge in [-0.3, -0.25) is 4.98 Å². The molecule has 1 aromatic rings. The Morgan fingerprint density at radius 1 is 1.60 bits per heavy atom. The third-order valence-corrected chi connectivity index (χ3v) is 1.59. The van der Waals surface area contributed by atoms with Crippen molar-refractivity contribution in [2.75, 3.05) is 0 Å². The summed E-state index contributed by atoms with van der Waals surface area (Å²) in [6, 6.07) is 3.74. The van der Waals surface area contributed by atoms with Gasteiger partial charge in [-0.25, -0.2) is 0 Å². The van der Waals surface area contributed by atoms with E-state index in [0.29, 0.717) is 4.32 Å². The number of hydrogen-bond acceptors (Lipinski definition) is 2. The third kappa shape index (κ3) is 1.75. The first-order chi connectivity index (χ1) is 4.70. The Morgan fingerprint density at radius 3 is 2.70 bits per heavy atom. The van der Waals surface area contributed by atoms with Gasteiger partial charge in [0, 0.05) is 17.5 Å². The molecule has 1 heterocycles. The Balaban J connectivity index is 3.00. The van der Waals surface area contributed by atoms with Crippen molar-refractivity contribution < 1.29 is 0 Å². The highest BCUT2D eigenvalue weighted by Gasteiger charge is 1.94. The molecular weight excluding hydrogens is 166 g/mol. The van der Waals surface area contributed by atoms with Crippen LogP contribution in [-0.4, -0.2) is 9.31 Å². The zero-order valence-corrected chi connectivity index (χ0v) is 7.04. The molecule has 0 aliphatic carbocycles. The number of pyridine rings is 1. The molecule has 0 radical (unpaired) electrons. The van der Waals surface area contributed by atoms with Crippen molar-refractivity contribution in [1.82, 2.24) is 4.98 Å². The van der Waals surface area contributed by atoms with Crippen LogP contribution in [0.25, 0.3) is 0 Å². The van der Waals surface area contributed by atoms with Gasteiger partial charge in [0.25, 0.3) is 0 Å². The van der Waals surface area contributed by atoms with E-state index in [0.717, 1.165) is 11.3 Å². The third-order valence-electron chi connectivity index (χ3n) is 1.14. The molecular formula is C7H6ClNS. The van der Waals surface area contributed by atoms with Crippen molar-refractivity contribution in [3.05, 3.63) is 29.6 Å². The quantitative estimate of drug-likeness (QED) is 0.475. The Bertz CT molecular complexity index is 242. The van der Waals surface area contributed by atoms with Gasteiger partial charge in [0.05, 0.1) is 0 Å². The molecule has 0 bridgehead atoms. The summed E-state index contributed by atoms with van der Waals surface area (Å²) in [7, 11) is 0. The predicted octanol–water partition coefficient (Wildman–Crippen LogP) is 2.30. The molecule has 0 N–H and O–H groups in total. The summed E-state index contributed by atoms with van der Waals surface area (Å²) in [5.74, 6) is 0. The molecule has 0 saturated carbocycles. The number of hydrogen-bond donors (Lipinski definition) is 0. The minimum absolute atomic E-state index is 0.368. The van der Waals surface area contributed by atoms with Crippen LogP contribution in [0.2, 0.25) is 0 Å². The van der Waals surface area contributed by atoms with Crippen LogP contribution in [0.4, 0.5) is 0 Å². The molecule has 1 rings (SSSR count). The number of halogens is 1. The molecule has 0 aromatic carbocycles. The van der Waals surface area contributed by atoms with Crippen LogP contribution in [0.3, 0.4) is 0 Å². The highest BCUT2D eigenvalue weighted by molar-refractivity contribution is 7.83. The van der Waals surface area contributed by atoms with Gasteiger partial charge in [0.2, 0.25) is 0 Å². The zero-order chi connectivity index (χ0) is 7.56. The highest BCUT2D eigenvalue weighted by Crippen LogP contribution is 2.03. The Morgan fingerprint density at radius 2 is 2.30 bits per heavy atom. The van der Waals surface area contributed by atoms with Gasteiger partial charge >= 0.3 is 0 Å². The minimum Gasteiger partial charge on any atom is -0.261 e. The Hall–Kier alpha value is -0.470. The Labute approximate surface area is 70.0 Å². The van der Waals surface area contributed by atoms with Crippen molar-refractivity contribution in [2.24, 2.45) is 0 Å². The van der Waals surface area contributed by atoms with Gasteiger partial charge in [-0.1, -0.05) is 23.8 Å². The Kier molecular flexibility index (Phi) is 2.35. The molecule has 3 heteroatoms. The smallest absolute Gasteiger partial charge is 0.112 e. The predicted molar refractivity (Wildman–Crippen MR) is 46.5 cm³/mol. The van der Waals surface area contributed by atoms with E-state index in [2.05, 4.69) is 4.98 Å². The molecule has 10 heavy (non-hydrogen) atoms. The second kappa shape index (κ2) is 3.08. The van der Waals surface area contributed by atoms with Gasteiger partial charge in [0.1, 0.15) is 4.32 Å². The summed E-state index contributed by atoms with van der Waals surface area (Å²) in [6.45, 7) is 1.92. The molecule has 52 valence electrons. The minimum atomic E-state index is 0.368. The topological polar surface area (TPSA) is 12.9 Å². The fraction of sp³-hybridized carbons (Fsp3) is 0.143. The lowest BCUT2D eigenvalue weighted by molar-refractivity contribution is 1.20. The van der Waals surface area contributed by atoms with Crippen molar-refractivity contribution in [3.63, 3.8) is 0 Å². The normalized spacial score (nSPS) is 9.40. The van der Waals surface area contributed by atoms with Crippen molar-refractivity contribution >= 4 is 28.1 Å². The molecule has 0 amide bonds. The second-order valence-electron chi connectivity index (χ2n) is 1.96. The van der Waals surface area contributed by atoms with E-state index in [-0.39, 0.29) is 0 Å². The summed E-state index contributed by atoms with van der Waals surface area (Å²) in [6.07, 6.45) is 1.67. The molecule has 0 saturated heterocycles. The maximum absolute atomic E-state index is 5.55. The fourth-order valence-electron chi connectivity index (χ4n) is 0.584. The lowest BCUT2D eigenvalue weighted by atomic mass is 10.3. The van der Waals surface area contributed by atoms with Crippen molar-refractivity contribution in [3.8, 4) is 0 Å². The van der Waals surface area contributed by atoms with Crippen molar-refractivity contribution in [1.29, 1.82) is 0 Å². The van der Waals surface area contributed by atoms with E-state index < -0.39 is 0 Å². The van der Waals surface area contributed by atoms with Gasteiger partial charge in [0.15, 0.2) is 0 Å². The average molecular weight is 172 g/mol. The number of aromatic nitrogens is 1. The first-order valence-corrected chi connectivity index (χ1v) is 3.61. The van der Waals surface area contributed by atoms with Crippen LogP contribution < -0.4 is 0 Å². The van der Waals surface area contributed by atoms with Crippen LogP contribution in [0, 0.1) is 6.92 Å². The lowest BCUT2D eigenvalue weighted by Gasteiger charge is -1.93. The number of aryl methyl sites for hydroxylation is 1. The van der Waals surface area contributed by atoms with Crippen LogP contribution >= 0.6 is 23.8 Å². The summed E-state index contributed by atoms with van der Waals surface area (Å²) >= 11 is 10.3. The molecule has 0 fully saturated rings. The van der Waals surface area contributed by atoms with E-state index in [1.807, 2.05) is 19.1 Å². The van der Waals surface area contributed by atoms with Gasteiger partial charge in [-0.05, 0) is 19.1 Å². The molecule has 0 unspecified atom stereocenters. The van der Waals surface area contributed by atoms with Gasteiger partial charge < -0.3 is 0 Å². The number of thiocarbonyl (C=S) groups is 1. The van der Waals surface area contributed by atoms with Crippen LogP contribution in [0.15, 0.2) is 18.3 Å². The van der Waals surface area contributed by atoms with Gasteiger partial charge in [-0.15, -0.1) is 0 Å². The first-order valence-electron chi connectivity index (χ1n) is 2.82. The lowest BCUT2D eigenvalue weighted by Crippen LogP contribution is -1.88. The SMILES string of the molecule is Cc1ccc(C(=S)Cl)cn1. The van der Waals surface area contributed by atoms with Crippen LogP contribution in [0.1, 0.15) is 11.3 Å². The zero-order valence-electron chi connectivity index (χ0n) is 5.47. The molecule has 0 aliphatic heterocycles. The monoisotopic (exact) mass is 171 g/mol. The summed E-state index contributed by atoms with van der Waals surface area (Å²) in [5, 5.41) is 0. The second-order valence-corrected chi connectivity index (χ2v) is 2.97. The summed E-state index contributed by atoms with van der Waals surface area (Å²) < 4.78 is 0.368. The van der Waals surface area contributed by atoms with Gasteiger partial charge in [-0.2, -0.15) is 0 Å². The van der Waals surface area contributed by atoms with E-state index in [1.54, 1.807) is 6.20 Å². The van der Waals surface area contributed by atoms with E-state index in [4.69, 9.17) is 23.8 Å². The van der Waals surface area contributed by atoms with E-state index in [9.17, 15) is 0 Å². The van der Waals surface area contributed by atoms with Crippen molar-refractivity contribution in [2.45, 2.75) is 6.92 Å². The average Bonchev–Trinajstić information content (AvgIpc) is 1.88.